The Hall–Kier alpha value is -1.16. The fraction of sp³-hybridized carbons (Fsp3) is 0.214. The van der Waals surface area contributed by atoms with Gasteiger partial charge in [-0.1, -0.05) is 23.2 Å². The van der Waals surface area contributed by atoms with Gasteiger partial charge in [-0.25, -0.2) is 0 Å². The summed E-state index contributed by atoms with van der Waals surface area (Å²) in [5.74, 6) is 0. The summed E-state index contributed by atoms with van der Waals surface area (Å²) < 4.78 is 39.2. The summed E-state index contributed by atoms with van der Waals surface area (Å²) >= 11 is 15.1. The molecule has 0 N–H and O–H groups in total. The van der Waals surface area contributed by atoms with E-state index in [1.54, 1.807) is 12.1 Å². The average Bonchev–Trinajstić information content (AvgIpc) is 2.72. The van der Waals surface area contributed by atoms with Gasteiger partial charge < -0.3 is 4.57 Å². The molecular formula is C14H8BrCl2F3N2. The molecule has 1 aromatic heterocycles. The minimum absolute atomic E-state index is 0.235. The van der Waals surface area contributed by atoms with Crippen molar-refractivity contribution in [3.8, 4) is 17.3 Å². The molecule has 0 saturated carbocycles. The number of benzene rings is 1. The summed E-state index contributed by atoms with van der Waals surface area (Å²) in [5.41, 5.74) is 1.02. The van der Waals surface area contributed by atoms with Crippen molar-refractivity contribution >= 4 is 39.1 Å². The minimum atomic E-state index is -4.29. The first-order chi connectivity index (χ1) is 10.2. The van der Waals surface area contributed by atoms with E-state index < -0.39 is 12.6 Å². The second-order valence-electron chi connectivity index (χ2n) is 4.48. The van der Waals surface area contributed by atoms with Crippen LogP contribution in [-0.2, 0) is 6.54 Å². The van der Waals surface area contributed by atoms with Crippen LogP contribution in [0.1, 0.15) is 12.0 Å². The molecule has 22 heavy (non-hydrogen) atoms. The molecule has 0 aliphatic carbocycles. The Morgan fingerprint density at radius 3 is 2.45 bits per heavy atom. The second kappa shape index (κ2) is 6.53. The van der Waals surface area contributed by atoms with Gasteiger partial charge >= 0.3 is 6.18 Å². The van der Waals surface area contributed by atoms with Gasteiger partial charge in [-0.05, 0) is 40.2 Å². The van der Waals surface area contributed by atoms with Crippen LogP contribution in [0.4, 0.5) is 13.2 Å². The monoisotopic (exact) mass is 410 g/mol. The number of hydrogen-bond acceptors (Lipinski definition) is 1. The van der Waals surface area contributed by atoms with Crippen molar-refractivity contribution in [1.82, 2.24) is 4.57 Å². The van der Waals surface area contributed by atoms with Gasteiger partial charge in [-0.2, -0.15) is 18.4 Å². The van der Waals surface area contributed by atoms with Crippen LogP contribution < -0.4 is 0 Å². The van der Waals surface area contributed by atoms with Crippen LogP contribution in [0, 0.1) is 11.3 Å². The Morgan fingerprint density at radius 1 is 1.23 bits per heavy atom. The molecular weight excluding hydrogens is 404 g/mol. The van der Waals surface area contributed by atoms with Crippen LogP contribution >= 0.6 is 39.1 Å². The lowest BCUT2D eigenvalue weighted by molar-refractivity contribution is -0.136. The zero-order valence-electron chi connectivity index (χ0n) is 10.9. The highest BCUT2D eigenvalue weighted by atomic mass is 79.9. The predicted octanol–water partition coefficient (Wildman–Crippen LogP) is 6.05. The molecule has 0 bridgehead atoms. The minimum Gasteiger partial charge on any atom is -0.334 e. The number of alkyl halides is 3. The third-order valence-electron chi connectivity index (χ3n) is 2.97. The normalized spacial score (nSPS) is 11.5. The molecule has 0 spiro atoms. The number of rotatable bonds is 3. The van der Waals surface area contributed by atoms with Gasteiger partial charge in [0.1, 0.15) is 6.07 Å². The van der Waals surface area contributed by atoms with Gasteiger partial charge in [0.25, 0.3) is 0 Å². The highest BCUT2D eigenvalue weighted by Gasteiger charge is 2.28. The van der Waals surface area contributed by atoms with E-state index in [-0.39, 0.29) is 17.1 Å². The smallest absolute Gasteiger partial charge is 0.334 e. The summed E-state index contributed by atoms with van der Waals surface area (Å²) in [6.45, 7) is -0.319. The summed E-state index contributed by atoms with van der Waals surface area (Å²) in [4.78, 5) is 0. The molecule has 1 heterocycles. The van der Waals surface area contributed by atoms with E-state index in [1.165, 1.54) is 16.7 Å². The van der Waals surface area contributed by atoms with Crippen molar-refractivity contribution in [2.24, 2.45) is 0 Å². The Labute approximate surface area is 143 Å². The molecule has 116 valence electrons. The van der Waals surface area contributed by atoms with E-state index >= 15 is 0 Å². The van der Waals surface area contributed by atoms with Gasteiger partial charge in [0.2, 0.25) is 0 Å². The maximum atomic E-state index is 12.5. The largest absolute Gasteiger partial charge is 0.390 e. The van der Waals surface area contributed by atoms with Crippen molar-refractivity contribution in [2.45, 2.75) is 19.1 Å². The molecule has 2 aromatic rings. The topological polar surface area (TPSA) is 28.7 Å². The van der Waals surface area contributed by atoms with Gasteiger partial charge in [-0.3, -0.25) is 0 Å². The number of nitriles is 1. The van der Waals surface area contributed by atoms with Gasteiger partial charge in [-0.15, -0.1) is 0 Å². The van der Waals surface area contributed by atoms with E-state index in [1.807, 2.05) is 6.07 Å². The molecule has 1 aromatic carbocycles. The third kappa shape index (κ3) is 3.78. The zero-order chi connectivity index (χ0) is 16.5. The second-order valence-corrected chi connectivity index (χ2v) is 6.14. The summed E-state index contributed by atoms with van der Waals surface area (Å²) in [7, 11) is 0. The lowest BCUT2D eigenvalue weighted by atomic mass is 10.1. The molecule has 0 fully saturated rings. The molecule has 0 atom stereocenters. The Bertz CT molecular complexity index is 748. The van der Waals surface area contributed by atoms with Crippen LogP contribution in [0.15, 0.2) is 28.9 Å². The summed E-state index contributed by atoms with van der Waals surface area (Å²) in [6.07, 6.45) is -5.30. The first-order valence-electron chi connectivity index (χ1n) is 6.04. The van der Waals surface area contributed by atoms with E-state index in [0.29, 0.717) is 20.9 Å². The Morgan fingerprint density at radius 2 is 1.91 bits per heavy atom. The molecule has 0 radical (unpaired) electrons. The fourth-order valence-corrected chi connectivity index (χ4v) is 3.11. The van der Waals surface area contributed by atoms with Crippen LogP contribution in [0.25, 0.3) is 11.3 Å². The van der Waals surface area contributed by atoms with Crippen molar-refractivity contribution in [2.75, 3.05) is 0 Å². The number of aromatic nitrogens is 1. The van der Waals surface area contributed by atoms with Gasteiger partial charge in [0.15, 0.2) is 0 Å². The van der Waals surface area contributed by atoms with E-state index in [9.17, 15) is 18.4 Å². The highest BCUT2D eigenvalue weighted by molar-refractivity contribution is 9.10. The maximum absolute atomic E-state index is 12.5. The highest BCUT2D eigenvalue weighted by Crippen LogP contribution is 2.36. The molecule has 8 heteroatoms. The lowest BCUT2D eigenvalue weighted by Crippen LogP contribution is -2.13. The Balaban J connectivity index is 2.56. The fourth-order valence-electron chi connectivity index (χ4n) is 2.03. The SMILES string of the molecule is N#Cc1cc(Br)n(CCC(F)(F)F)c1-c1ccc(Cl)cc1Cl. The van der Waals surface area contributed by atoms with Crippen LogP contribution in [0.3, 0.4) is 0 Å². The predicted molar refractivity (Wildman–Crippen MR) is 83.0 cm³/mol. The molecule has 0 aliphatic rings. The number of nitrogens with zero attached hydrogens (tertiary/aromatic N) is 2. The lowest BCUT2D eigenvalue weighted by Gasteiger charge is -2.14. The van der Waals surface area contributed by atoms with E-state index in [2.05, 4.69) is 15.9 Å². The average molecular weight is 412 g/mol. The first-order valence-corrected chi connectivity index (χ1v) is 7.59. The zero-order valence-corrected chi connectivity index (χ0v) is 14.0. The van der Waals surface area contributed by atoms with E-state index in [0.717, 1.165) is 0 Å². The van der Waals surface area contributed by atoms with Crippen LogP contribution in [-0.4, -0.2) is 10.7 Å². The van der Waals surface area contributed by atoms with Crippen molar-refractivity contribution < 1.29 is 13.2 Å². The van der Waals surface area contributed by atoms with Gasteiger partial charge in [0.05, 0.1) is 27.3 Å². The van der Waals surface area contributed by atoms with Crippen LogP contribution in [0.5, 0.6) is 0 Å². The van der Waals surface area contributed by atoms with Gasteiger partial charge in [0, 0.05) is 17.1 Å². The number of halogens is 6. The van der Waals surface area contributed by atoms with Crippen LogP contribution in [0.2, 0.25) is 10.0 Å². The first kappa shape index (κ1) is 17.2. The third-order valence-corrected chi connectivity index (χ3v) is 4.18. The summed E-state index contributed by atoms with van der Waals surface area (Å²) in [6, 6.07) is 8.07. The maximum Gasteiger partial charge on any atom is 0.390 e. The molecule has 0 aliphatic heterocycles. The summed E-state index contributed by atoms with van der Waals surface area (Å²) in [5, 5.41) is 9.88. The van der Waals surface area contributed by atoms with Crippen molar-refractivity contribution in [3.63, 3.8) is 0 Å². The molecule has 0 unspecified atom stereocenters. The van der Waals surface area contributed by atoms with Crippen molar-refractivity contribution in [3.05, 3.63) is 44.5 Å². The van der Waals surface area contributed by atoms with E-state index in [4.69, 9.17) is 23.2 Å². The molecule has 0 amide bonds. The quantitative estimate of drug-likeness (QED) is 0.604. The standard InChI is InChI=1S/C14H8BrCl2F3N2/c15-12-5-8(7-21)13(22(12)4-3-14(18,19)20)10-2-1-9(16)6-11(10)17/h1-2,5-6H,3-4H2. The molecule has 2 nitrogen and oxygen atoms in total. The number of hydrogen-bond donors (Lipinski definition) is 0. The molecule has 0 saturated heterocycles. The van der Waals surface area contributed by atoms with Crippen molar-refractivity contribution in [1.29, 1.82) is 5.26 Å². The Kier molecular flexibility index (Phi) is 5.10. The molecule has 2 rings (SSSR count).